The maximum absolute atomic E-state index is 12.1. The highest BCUT2D eigenvalue weighted by molar-refractivity contribution is 9.10. The highest BCUT2D eigenvalue weighted by atomic mass is 79.9. The molecule has 1 aliphatic carbocycles. The van der Waals surface area contributed by atoms with Crippen LogP contribution >= 0.6 is 27.5 Å². The first kappa shape index (κ1) is 15.6. The van der Waals surface area contributed by atoms with Gasteiger partial charge in [0.1, 0.15) is 0 Å². The van der Waals surface area contributed by atoms with Gasteiger partial charge in [0, 0.05) is 15.4 Å². The molecule has 2 nitrogen and oxygen atoms in total. The number of aryl methyl sites for hydroxylation is 1. The van der Waals surface area contributed by atoms with Gasteiger partial charge in [-0.25, -0.2) is 4.79 Å². The van der Waals surface area contributed by atoms with Gasteiger partial charge in [-0.2, -0.15) is 0 Å². The molecule has 1 unspecified atom stereocenters. The van der Waals surface area contributed by atoms with Gasteiger partial charge in [0.2, 0.25) is 0 Å². The molecule has 3 rings (SSSR count). The van der Waals surface area contributed by atoms with Crippen LogP contribution in [0.5, 0.6) is 0 Å². The van der Waals surface area contributed by atoms with Crippen molar-refractivity contribution in [2.24, 2.45) is 0 Å². The van der Waals surface area contributed by atoms with Gasteiger partial charge in [-0.1, -0.05) is 33.6 Å². The lowest BCUT2D eigenvalue weighted by atomic mass is 9.83. The molecule has 0 radical (unpaired) electrons. The zero-order chi connectivity index (χ0) is 15.5. The first-order chi connectivity index (χ1) is 10.6. The molecule has 0 fully saturated rings. The highest BCUT2D eigenvalue weighted by Gasteiger charge is 2.22. The van der Waals surface area contributed by atoms with Gasteiger partial charge < -0.3 is 4.74 Å². The Morgan fingerprint density at radius 2 is 2.00 bits per heavy atom. The van der Waals surface area contributed by atoms with E-state index in [2.05, 4.69) is 22.0 Å². The maximum atomic E-state index is 12.1. The number of hydrogen-bond acceptors (Lipinski definition) is 2. The van der Waals surface area contributed by atoms with Crippen LogP contribution in [-0.2, 0) is 11.2 Å². The minimum absolute atomic E-state index is 0.264. The van der Waals surface area contributed by atoms with E-state index in [1.807, 2.05) is 24.3 Å². The maximum Gasteiger partial charge on any atom is 0.338 e. The van der Waals surface area contributed by atoms with Crippen LogP contribution < -0.4 is 0 Å². The normalized spacial score (nSPS) is 16.9. The molecule has 0 heterocycles. The summed E-state index contributed by atoms with van der Waals surface area (Å²) in [5.41, 5.74) is 3.12. The van der Waals surface area contributed by atoms with Crippen molar-refractivity contribution in [3.05, 3.63) is 68.7 Å². The second-order valence-electron chi connectivity index (χ2n) is 5.54. The van der Waals surface area contributed by atoms with Crippen LogP contribution in [0.25, 0.3) is 0 Å². The van der Waals surface area contributed by atoms with E-state index >= 15 is 0 Å². The second kappa shape index (κ2) is 6.84. The van der Waals surface area contributed by atoms with Gasteiger partial charge in [0.15, 0.2) is 0 Å². The summed E-state index contributed by atoms with van der Waals surface area (Å²) >= 11 is 9.41. The number of esters is 1. The summed E-state index contributed by atoms with van der Waals surface area (Å²) in [4.78, 5) is 12.1. The Kier molecular flexibility index (Phi) is 4.84. The van der Waals surface area contributed by atoms with E-state index < -0.39 is 0 Å². The minimum Gasteiger partial charge on any atom is -0.461 e. The van der Waals surface area contributed by atoms with Crippen LogP contribution in [0.4, 0.5) is 0 Å². The molecular formula is C18H16BrClO2. The molecule has 1 atom stereocenters. The lowest BCUT2D eigenvalue weighted by Crippen LogP contribution is -2.17. The molecule has 114 valence electrons. The molecule has 1 aliphatic rings. The smallest absolute Gasteiger partial charge is 0.338 e. The number of carbonyl (C=O) groups is 1. The molecule has 0 aliphatic heterocycles. The van der Waals surface area contributed by atoms with E-state index in [-0.39, 0.29) is 11.9 Å². The fraction of sp³-hybridized carbons (Fsp3) is 0.278. The number of hydrogen-bond donors (Lipinski definition) is 0. The van der Waals surface area contributed by atoms with Crippen molar-refractivity contribution in [3.8, 4) is 0 Å². The summed E-state index contributed by atoms with van der Waals surface area (Å²) in [6, 6.07) is 13.2. The predicted molar refractivity (Wildman–Crippen MR) is 91.6 cm³/mol. The van der Waals surface area contributed by atoms with E-state index in [1.165, 1.54) is 11.1 Å². The molecule has 0 saturated heterocycles. The number of benzene rings is 2. The lowest BCUT2D eigenvalue weighted by molar-refractivity contribution is 0.0472. The van der Waals surface area contributed by atoms with Crippen molar-refractivity contribution in [2.75, 3.05) is 6.61 Å². The van der Waals surface area contributed by atoms with Crippen molar-refractivity contribution < 1.29 is 9.53 Å². The molecule has 4 heteroatoms. The van der Waals surface area contributed by atoms with E-state index in [4.69, 9.17) is 16.3 Å². The average molecular weight is 380 g/mol. The molecule has 2 aromatic rings. The van der Waals surface area contributed by atoms with E-state index in [9.17, 15) is 4.79 Å². The second-order valence-corrected chi connectivity index (χ2v) is 6.89. The molecule has 0 amide bonds. The van der Waals surface area contributed by atoms with E-state index in [1.54, 1.807) is 12.1 Å². The van der Waals surface area contributed by atoms with Crippen LogP contribution in [0.2, 0.25) is 5.02 Å². The van der Waals surface area contributed by atoms with Gasteiger partial charge in [-0.05, 0) is 66.8 Å². The SMILES string of the molecule is O=C(OCC1CCCc2cc(Cl)ccc21)c1ccc(Br)cc1. The Morgan fingerprint density at radius 1 is 1.23 bits per heavy atom. The number of ether oxygens (including phenoxy) is 1. The zero-order valence-electron chi connectivity index (χ0n) is 12.0. The Morgan fingerprint density at radius 3 is 2.77 bits per heavy atom. The fourth-order valence-electron chi connectivity index (χ4n) is 2.90. The van der Waals surface area contributed by atoms with Gasteiger partial charge in [0.25, 0.3) is 0 Å². The molecule has 0 spiro atoms. The summed E-state index contributed by atoms with van der Waals surface area (Å²) in [5, 5.41) is 0.770. The molecule has 0 N–H and O–H groups in total. The lowest BCUT2D eigenvalue weighted by Gasteiger charge is -2.25. The minimum atomic E-state index is -0.270. The van der Waals surface area contributed by atoms with Crippen LogP contribution in [0.3, 0.4) is 0 Å². The monoisotopic (exact) mass is 378 g/mol. The summed E-state index contributed by atoms with van der Waals surface area (Å²) in [5.74, 6) is -0.00555. The Labute approximate surface area is 143 Å². The van der Waals surface area contributed by atoms with E-state index in [0.29, 0.717) is 12.2 Å². The molecule has 0 saturated carbocycles. The summed E-state index contributed by atoms with van der Waals surface area (Å²) in [6.45, 7) is 0.420. The standard InChI is InChI=1S/C18H16BrClO2/c19-15-6-4-12(5-7-15)18(21)22-11-14-3-1-2-13-10-16(20)8-9-17(13)14/h4-10,14H,1-3,11H2. The first-order valence-corrected chi connectivity index (χ1v) is 8.51. The number of halogens is 2. The topological polar surface area (TPSA) is 26.3 Å². The third kappa shape index (κ3) is 3.53. The number of rotatable bonds is 3. The van der Waals surface area contributed by atoms with Crippen molar-refractivity contribution in [2.45, 2.75) is 25.2 Å². The largest absolute Gasteiger partial charge is 0.461 e. The van der Waals surface area contributed by atoms with Gasteiger partial charge in [0.05, 0.1) is 12.2 Å². The molecule has 0 aromatic heterocycles. The van der Waals surface area contributed by atoms with Crippen molar-refractivity contribution >= 4 is 33.5 Å². The molecule has 0 bridgehead atoms. The van der Waals surface area contributed by atoms with Gasteiger partial charge in [-0.3, -0.25) is 0 Å². The van der Waals surface area contributed by atoms with Gasteiger partial charge in [-0.15, -0.1) is 0 Å². The zero-order valence-corrected chi connectivity index (χ0v) is 14.4. The summed E-state index contributed by atoms with van der Waals surface area (Å²) in [7, 11) is 0. The van der Waals surface area contributed by atoms with Crippen LogP contribution in [0, 0.1) is 0 Å². The molecule has 22 heavy (non-hydrogen) atoms. The van der Waals surface area contributed by atoms with Crippen molar-refractivity contribution in [3.63, 3.8) is 0 Å². The third-order valence-corrected chi connectivity index (χ3v) is 4.80. The van der Waals surface area contributed by atoms with Gasteiger partial charge >= 0.3 is 5.97 Å². The Bertz CT molecular complexity index is 682. The van der Waals surface area contributed by atoms with Crippen molar-refractivity contribution in [1.82, 2.24) is 0 Å². The highest BCUT2D eigenvalue weighted by Crippen LogP contribution is 2.33. The van der Waals surface area contributed by atoms with Crippen LogP contribution in [-0.4, -0.2) is 12.6 Å². The molecular weight excluding hydrogens is 364 g/mol. The first-order valence-electron chi connectivity index (χ1n) is 7.34. The fourth-order valence-corrected chi connectivity index (χ4v) is 3.36. The quantitative estimate of drug-likeness (QED) is 0.669. The number of fused-ring (bicyclic) bond motifs is 1. The Hall–Kier alpha value is -1.32. The van der Waals surface area contributed by atoms with Crippen molar-refractivity contribution in [1.29, 1.82) is 0 Å². The van der Waals surface area contributed by atoms with E-state index in [0.717, 1.165) is 28.8 Å². The van der Waals surface area contributed by atoms with Crippen LogP contribution in [0.15, 0.2) is 46.9 Å². The third-order valence-electron chi connectivity index (χ3n) is 4.04. The Balaban J connectivity index is 1.67. The summed E-state index contributed by atoms with van der Waals surface area (Å²) < 4.78 is 6.45. The predicted octanol–water partition coefficient (Wildman–Crippen LogP) is 5.38. The van der Waals surface area contributed by atoms with Crippen LogP contribution in [0.1, 0.15) is 40.2 Å². The summed E-state index contributed by atoms with van der Waals surface area (Å²) in [6.07, 6.45) is 3.20. The average Bonchev–Trinajstić information content (AvgIpc) is 2.52. The molecule has 2 aromatic carbocycles. The number of carbonyl (C=O) groups excluding carboxylic acids is 1.